The van der Waals surface area contributed by atoms with Crippen molar-refractivity contribution < 1.29 is 19.2 Å². The molecule has 0 saturated carbocycles. The molecule has 1 heterocycles. The fraction of sp³-hybridized carbons (Fsp3) is 0.263. The second-order valence-electron chi connectivity index (χ2n) is 6.47. The zero-order valence-corrected chi connectivity index (χ0v) is 15.0. The van der Waals surface area contributed by atoms with Gasteiger partial charge in [-0.2, -0.15) is 0 Å². The second kappa shape index (κ2) is 7.45. The van der Waals surface area contributed by atoms with Crippen LogP contribution in [0.1, 0.15) is 25.3 Å². The molecule has 0 atom stereocenters. The van der Waals surface area contributed by atoms with E-state index >= 15 is 0 Å². The highest BCUT2D eigenvalue weighted by Crippen LogP contribution is 2.35. The van der Waals surface area contributed by atoms with Gasteiger partial charge < -0.3 is 10.1 Å². The summed E-state index contributed by atoms with van der Waals surface area (Å²) in [6, 6.07) is 11.4. The Balaban J connectivity index is 1.83. The van der Waals surface area contributed by atoms with Gasteiger partial charge in [0.15, 0.2) is 6.61 Å². The van der Waals surface area contributed by atoms with Crippen molar-refractivity contribution in [2.45, 2.75) is 19.8 Å². The van der Waals surface area contributed by atoms with Crippen molar-refractivity contribution in [3.63, 3.8) is 0 Å². The molecule has 8 nitrogen and oxygen atoms in total. The van der Waals surface area contributed by atoms with Gasteiger partial charge in [0.2, 0.25) is 5.91 Å². The zero-order chi connectivity index (χ0) is 19.6. The number of nitrogens with zero attached hydrogens (tertiary/aromatic N) is 2. The topological polar surface area (TPSA) is 102 Å². The van der Waals surface area contributed by atoms with Gasteiger partial charge in [0.1, 0.15) is 12.3 Å². The first-order valence-corrected chi connectivity index (χ1v) is 8.47. The van der Waals surface area contributed by atoms with Crippen molar-refractivity contribution in [2.75, 3.05) is 23.4 Å². The maximum absolute atomic E-state index is 12.5. The fourth-order valence-corrected chi connectivity index (χ4v) is 2.93. The first-order chi connectivity index (χ1) is 12.9. The van der Waals surface area contributed by atoms with E-state index in [0.717, 1.165) is 5.56 Å². The highest BCUT2D eigenvalue weighted by Gasteiger charge is 2.29. The van der Waals surface area contributed by atoms with Crippen LogP contribution in [0.3, 0.4) is 0 Å². The Kier molecular flexibility index (Phi) is 5.07. The summed E-state index contributed by atoms with van der Waals surface area (Å²) in [5.41, 5.74) is 1.70. The number of hydrogen-bond acceptors (Lipinski definition) is 5. The molecule has 0 aliphatic carbocycles. The van der Waals surface area contributed by atoms with Gasteiger partial charge in [0.05, 0.1) is 10.6 Å². The Morgan fingerprint density at radius 1 is 1.30 bits per heavy atom. The van der Waals surface area contributed by atoms with E-state index in [4.69, 9.17) is 4.74 Å². The lowest BCUT2D eigenvalue weighted by Crippen LogP contribution is -2.43. The highest BCUT2D eigenvalue weighted by molar-refractivity contribution is 6.05. The standard InChI is InChI=1S/C19H19N3O5/c1-12(2)14-5-3-4-6-15(14)20-18(23)10-21-16-9-13(22(25)26)7-8-17(16)27-11-19(21)24/h3-9,12H,10-11H2,1-2H3,(H,20,23). The van der Waals surface area contributed by atoms with Crippen molar-refractivity contribution in [3.8, 4) is 5.75 Å². The van der Waals surface area contributed by atoms with Crippen LogP contribution >= 0.6 is 0 Å². The third-order valence-electron chi connectivity index (χ3n) is 4.25. The SMILES string of the molecule is CC(C)c1ccccc1NC(=O)CN1C(=O)COc2ccc([N+](=O)[O-])cc21. The minimum Gasteiger partial charge on any atom is -0.482 e. The largest absolute Gasteiger partial charge is 0.482 e. The van der Waals surface area contributed by atoms with E-state index in [1.165, 1.54) is 23.1 Å². The van der Waals surface area contributed by atoms with Crippen molar-refractivity contribution >= 4 is 28.9 Å². The van der Waals surface area contributed by atoms with Crippen LogP contribution in [0.2, 0.25) is 0 Å². The summed E-state index contributed by atoms with van der Waals surface area (Å²) in [6.07, 6.45) is 0. The molecule has 0 unspecified atom stereocenters. The summed E-state index contributed by atoms with van der Waals surface area (Å²) >= 11 is 0. The predicted molar refractivity (Wildman–Crippen MR) is 100 cm³/mol. The normalized spacial score (nSPS) is 13.1. The second-order valence-corrected chi connectivity index (χ2v) is 6.47. The van der Waals surface area contributed by atoms with Crippen LogP contribution in [0.5, 0.6) is 5.75 Å². The molecule has 8 heteroatoms. The van der Waals surface area contributed by atoms with E-state index in [1.54, 1.807) is 6.07 Å². The van der Waals surface area contributed by atoms with E-state index in [1.807, 2.05) is 32.0 Å². The number of anilines is 2. The molecule has 0 bridgehead atoms. The summed E-state index contributed by atoms with van der Waals surface area (Å²) in [5, 5.41) is 13.8. The lowest BCUT2D eigenvalue weighted by molar-refractivity contribution is -0.384. The fourth-order valence-electron chi connectivity index (χ4n) is 2.93. The van der Waals surface area contributed by atoms with E-state index in [-0.39, 0.29) is 30.4 Å². The summed E-state index contributed by atoms with van der Waals surface area (Å²) < 4.78 is 5.31. The quantitative estimate of drug-likeness (QED) is 0.645. The van der Waals surface area contributed by atoms with Crippen LogP contribution in [-0.4, -0.2) is 29.9 Å². The van der Waals surface area contributed by atoms with Crippen LogP contribution in [0, 0.1) is 10.1 Å². The average molecular weight is 369 g/mol. The number of nitro groups is 1. The lowest BCUT2D eigenvalue weighted by atomic mass is 10.0. The number of para-hydroxylation sites is 1. The predicted octanol–water partition coefficient (Wildman–Crippen LogP) is 3.08. The van der Waals surface area contributed by atoms with Crippen LogP contribution in [0.4, 0.5) is 17.1 Å². The molecule has 1 aliphatic rings. The van der Waals surface area contributed by atoms with Gasteiger partial charge in [-0.25, -0.2) is 0 Å². The van der Waals surface area contributed by atoms with Gasteiger partial charge >= 0.3 is 0 Å². The third kappa shape index (κ3) is 3.89. The van der Waals surface area contributed by atoms with Gasteiger partial charge in [-0.15, -0.1) is 0 Å². The van der Waals surface area contributed by atoms with E-state index in [9.17, 15) is 19.7 Å². The Labute approximate surface area is 155 Å². The van der Waals surface area contributed by atoms with Gasteiger partial charge in [-0.1, -0.05) is 32.0 Å². The van der Waals surface area contributed by atoms with Gasteiger partial charge in [0, 0.05) is 17.8 Å². The number of non-ortho nitro benzene ring substituents is 1. The number of carbonyl (C=O) groups is 2. The average Bonchev–Trinajstić information content (AvgIpc) is 2.64. The van der Waals surface area contributed by atoms with Crippen molar-refractivity contribution in [1.82, 2.24) is 0 Å². The number of hydrogen-bond donors (Lipinski definition) is 1. The number of nitrogens with one attached hydrogen (secondary N) is 1. The molecule has 2 amide bonds. The summed E-state index contributed by atoms with van der Waals surface area (Å²) in [4.78, 5) is 36.5. The number of fused-ring (bicyclic) bond motifs is 1. The van der Waals surface area contributed by atoms with Crippen molar-refractivity contribution in [3.05, 3.63) is 58.1 Å². The number of amides is 2. The molecule has 140 valence electrons. The minimum absolute atomic E-state index is 0.178. The van der Waals surface area contributed by atoms with E-state index in [0.29, 0.717) is 11.4 Å². The number of rotatable bonds is 5. The minimum atomic E-state index is -0.559. The molecule has 3 rings (SSSR count). The van der Waals surface area contributed by atoms with Gasteiger partial charge in [-0.3, -0.25) is 24.6 Å². The monoisotopic (exact) mass is 369 g/mol. The molecule has 27 heavy (non-hydrogen) atoms. The van der Waals surface area contributed by atoms with Crippen molar-refractivity contribution in [2.24, 2.45) is 0 Å². The molecule has 0 radical (unpaired) electrons. The Bertz CT molecular complexity index is 910. The molecule has 0 saturated heterocycles. The number of carbonyl (C=O) groups excluding carboxylic acids is 2. The smallest absolute Gasteiger partial charge is 0.271 e. The van der Waals surface area contributed by atoms with Gasteiger partial charge in [-0.05, 0) is 23.6 Å². The first kappa shape index (κ1) is 18.4. The number of nitro benzene ring substituents is 1. The number of benzene rings is 2. The van der Waals surface area contributed by atoms with Crippen LogP contribution < -0.4 is 15.0 Å². The highest BCUT2D eigenvalue weighted by atomic mass is 16.6. The molecule has 0 aromatic heterocycles. The molecule has 2 aromatic rings. The summed E-state index contributed by atoms with van der Waals surface area (Å²) in [5.74, 6) is -0.281. The Morgan fingerprint density at radius 3 is 2.74 bits per heavy atom. The Morgan fingerprint density at radius 2 is 2.04 bits per heavy atom. The molecule has 1 N–H and O–H groups in total. The third-order valence-corrected chi connectivity index (χ3v) is 4.25. The van der Waals surface area contributed by atoms with Crippen LogP contribution in [0.15, 0.2) is 42.5 Å². The van der Waals surface area contributed by atoms with E-state index in [2.05, 4.69) is 5.32 Å². The molecule has 0 fully saturated rings. The van der Waals surface area contributed by atoms with E-state index < -0.39 is 16.7 Å². The molecule has 2 aromatic carbocycles. The first-order valence-electron chi connectivity index (χ1n) is 8.47. The van der Waals surface area contributed by atoms with Gasteiger partial charge in [0.25, 0.3) is 11.6 Å². The lowest BCUT2D eigenvalue weighted by Gasteiger charge is -2.28. The van der Waals surface area contributed by atoms with Crippen molar-refractivity contribution in [1.29, 1.82) is 0 Å². The maximum atomic E-state index is 12.5. The molecular formula is C19H19N3O5. The Hall–Kier alpha value is -3.42. The van der Waals surface area contributed by atoms with Crippen LogP contribution in [-0.2, 0) is 9.59 Å². The maximum Gasteiger partial charge on any atom is 0.271 e. The molecule has 1 aliphatic heterocycles. The molecule has 0 spiro atoms. The molecular weight excluding hydrogens is 350 g/mol. The van der Waals surface area contributed by atoms with Crippen LogP contribution in [0.25, 0.3) is 0 Å². The zero-order valence-electron chi connectivity index (χ0n) is 15.0. The summed E-state index contributed by atoms with van der Waals surface area (Å²) in [7, 11) is 0. The summed E-state index contributed by atoms with van der Waals surface area (Å²) in [6.45, 7) is 3.56. The number of ether oxygens (including phenoxy) is 1.